The van der Waals surface area contributed by atoms with Gasteiger partial charge in [0.15, 0.2) is 11.5 Å². The number of nitrogens with two attached hydrogens (primary N) is 1. The van der Waals surface area contributed by atoms with Gasteiger partial charge in [0, 0.05) is 23.9 Å². The summed E-state index contributed by atoms with van der Waals surface area (Å²) < 4.78 is 18.2. The Kier molecular flexibility index (Phi) is 4.82. The summed E-state index contributed by atoms with van der Waals surface area (Å²) in [5.41, 5.74) is 7.70. The summed E-state index contributed by atoms with van der Waals surface area (Å²) in [6.45, 7) is 4.22. The second-order valence-electron chi connectivity index (χ2n) is 6.12. The van der Waals surface area contributed by atoms with Crippen molar-refractivity contribution in [3.8, 4) is 23.3 Å². The number of benzene rings is 1. The number of fused-ring (bicyclic) bond motifs is 1. The monoisotopic (exact) mass is 367 g/mol. The molecule has 0 saturated heterocycles. The number of nitrogens with zero attached hydrogens (tertiary/aromatic N) is 2. The lowest BCUT2D eigenvalue weighted by Gasteiger charge is -2.28. The number of hydrogen-bond donors (Lipinski definition) is 1. The van der Waals surface area contributed by atoms with E-state index in [9.17, 15) is 10.1 Å². The lowest BCUT2D eigenvalue weighted by Crippen LogP contribution is -2.32. The molecule has 0 saturated carbocycles. The second-order valence-corrected chi connectivity index (χ2v) is 6.12. The van der Waals surface area contributed by atoms with Crippen LogP contribution < -0.4 is 25.5 Å². The maximum Gasteiger partial charge on any atom is 0.258 e. The highest BCUT2D eigenvalue weighted by Gasteiger charge is 2.36. The molecule has 2 N–H and O–H groups in total. The second kappa shape index (κ2) is 7.08. The van der Waals surface area contributed by atoms with Crippen molar-refractivity contribution in [2.45, 2.75) is 26.3 Å². The molecule has 2 aromatic rings. The highest BCUT2D eigenvalue weighted by molar-refractivity contribution is 5.60. The summed E-state index contributed by atoms with van der Waals surface area (Å²) in [6.07, 6.45) is 0. The van der Waals surface area contributed by atoms with Crippen molar-refractivity contribution in [3.63, 3.8) is 0 Å². The molecule has 1 aromatic heterocycles. The van der Waals surface area contributed by atoms with Crippen molar-refractivity contribution in [3.05, 3.63) is 62.9 Å². The largest absolute Gasteiger partial charge is 0.493 e. The molecule has 1 aliphatic rings. The predicted octanol–water partition coefficient (Wildman–Crippen LogP) is 2.41. The standard InChI is InChI=1S/C20H21N3O4/c1-5-23-11(2)9-15-17(20(23)24)16(13(10-21)19(22)27-15)12-7-6-8-14(25-3)18(12)26-4/h6-9,16H,5,22H2,1-4H3/t16-/m0/s1. The molecule has 1 aromatic carbocycles. The molecule has 0 spiro atoms. The van der Waals surface area contributed by atoms with E-state index in [0.29, 0.717) is 34.9 Å². The fourth-order valence-electron chi connectivity index (χ4n) is 3.53. The highest BCUT2D eigenvalue weighted by Crippen LogP contribution is 2.45. The Morgan fingerprint density at radius 3 is 2.67 bits per heavy atom. The van der Waals surface area contributed by atoms with Crippen LogP contribution in [0, 0.1) is 18.3 Å². The Hall–Kier alpha value is -3.40. The molecule has 1 atom stereocenters. The van der Waals surface area contributed by atoms with Crippen LogP contribution in [0.4, 0.5) is 0 Å². The molecule has 27 heavy (non-hydrogen) atoms. The van der Waals surface area contributed by atoms with Gasteiger partial charge in [-0.3, -0.25) is 4.79 Å². The summed E-state index contributed by atoms with van der Waals surface area (Å²) >= 11 is 0. The number of para-hydroxylation sites is 1. The third kappa shape index (κ3) is 2.79. The Morgan fingerprint density at radius 1 is 1.33 bits per heavy atom. The molecule has 0 aliphatic carbocycles. The normalized spacial score (nSPS) is 15.6. The third-order valence-corrected chi connectivity index (χ3v) is 4.75. The van der Waals surface area contributed by atoms with Crippen molar-refractivity contribution in [2.75, 3.05) is 14.2 Å². The summed E-state index contributed by atoms with van der Waals surface area (Å²) in [5.74, 6) is 0.569. The van der Waals surface area contributed by atoms with Crippen LogP contribution >= 0.6 is 0 Å². The number of pyridine rings is 1. The van der Waals surface area contributed by atoms with E-state index < -0.39 is 5.92 Å². The van der Waals surface area contributed by atoms with Gasteiger partial charge in [-0.1, -0.05) is 12.1 Å². The zero-order valence-electron chi connectivity index (χ0n) is 15.7. The molecule has 0 bridgehead atoms. The molecule has 0 unspecified atom stereocenters. The molecule has 0 fully saturated rings. The van der Waals surface area contributed by atoms with Gasteiger partial charge in [0.05, 0.1) is 25.7 Å². The first-order valence-corrected chi connectivity index (χ1v) is 8.51. The number of nitriles is 1. The Bertz CT molecular complexity index is 1030. The van der Waals surface area contributed by atoms with Crippen molar-refractivity contribution < 1.29 is 14.2 Å². The van der Waals surface area contributed by atoms with E-state index in [2.05, 4.69) is 6.07 Å². The maximum atomic E-state index is 13.2. The average Bonchev–Trinajstić information content (AvgIpc) is 2.66. The minimum absolute atomic E-state index is 0.0204. The number of aryl methyl sites for hydroxylation is 1. The minimum atomic E-state index is -0.713. The summed E-state index contributed by atoms with van der Waals surface area (Å²) in [7, 11) is 3.04. The van der Waals surface area contributed by atoms with E-state index in [1.54, 1.807) is 28.8 Å². The fourth-order valence-corrected chi connectivity index (χ4v) is 3.53. The molecule has 0 radical (unpaired) electrons. The Morgan fingerprint density at radius 2 is 2.07 bits per heavy atom. The van der Waals surface area contributed by atoms with Crippen LogP contribution in [0.1, 0.15) is 29.7 Å². The topological polar surface area (TPSA) is 99.5 Å². The summed E-state index contributed by atoms with van der Waals surface area (Å²) in [6, 6.07) is 9.19. The van der Waals surface area contributed by atoms with Gasteiger partial charge in [-0.2, -0.15) is 5.26 Å². The van der Waals surface area contributed by atoms with Gasteiger partial charge in [-0.25, -0.2) is 0 Å². The lowest BCUT2D eigenvalue weighted by atomic mass is 9.83. The van der Waals surface area contributed by atoms with Crippen LogP contribution in [-0.4, -0.2) is 18.8 Å². The van der Waals surface area contributed by atoms with E-state index in [4.69, 9.17) is 19.9 Å². The molecular formula is C20H21N3O4. The minimum Gasteiger partial charge on any atom is -0.493 e. The highest BCUT2D eigenvalue weighted by atomic mass is 16.5. The predicted molar refractivity (Wildman–Crippen MR) is 100.0 cm³/mol. The zero-order valence-corrected chi connectivity index (χ0v) is 15.7. The van der Waals surface area contributed by atoms with E-state index in [-0.39, 0.29) is 17.0 Å². The summed E-state index contributed by atoms with van der Waals surface area (Å²) in [4.78, 5) is 13.2. The first-order valence-electron chi connectivity index (χ1n) is 8.51. The average molecular weight is 367 g/mol. The quantitative estimate of drug-likeness (QED) is 0.891. The molecule has 0 amide bonds. The van der Waals surface area contributed by atoms with Crippen molar-refractivity contribution in [2.24, 2.45) is 5.73 Å². The first-order chi connectivity index (χ1) is 13.0. The van der Waals surface area contributed by atoms with Gasteiger partial charge in [-0.15, -0.1) is 0 Å². The van der Waals surface area contributed by atoms with Crippen LogP contribution in [0.25, 0.3) is 0 Å². The third-order valence-electron chi connectivity index (χ3n) is 4.75. The number of rotatable bonds is 4. The SMILES string of the molecule is CCn1c(C)cc2c(c1=O)[C@@H](c1cccc(OC)c1OC)C(C#N)=C(N)O2. The van der Waals surface area contributed by atoms with Crippen LogP contribution in [0.3, 0.4) is 0 Å². The van der Waals surface area contributed by atoms with Crippen molar-refractivity contribution in [1.82, 2.24) is 4.57 Å². The van der Waals surface area contributed by atoms with E-state index in [0.717, 1.165) is 5.69 Å². The Labute approximate surface area is 157 Å². The van der Waals surface area contributed by atoms with Gasteiger partial charge in [0.25, 0.3) is 5.56 Å². The molecule has 7 heteroatoms. The lowest BCUT2D eigenvalue weighted by molar-refractivity contribution is 0.348. The van der Waals surface area contributed by atoms with Crippen LogP contribution in [0.2, 0.25) is 0 Å². The zero-order chi connectivity index (χ0) is 19.7. The van der Waals surface area contributed by atoms with Gasteiger partial charge >= 0.3 is 0 Å². The summed E-state index contributed by atoms with van der Waals surface area (Å²) in [5, 5.41) is 9.73. The van der Waals surface area contributed by atoms with Crippen molar-refractivity contribution in [1.29, 1.82) is 5.26 Å². The first kappa shape index (κ1) is 18.4. The molecular weight excluding hydrogens is 346 g/mol. The Balaban J connectivity index is 2.40. The van der Waals surface area contributed by atoms with Gasteiger partial charge in [0.1, 0.15) is 17.4 Å². The molecule has 7 nitrogen and oxygen atoms in total. The van der Waals surface area contributed by atoms with Crippen LogP contribution in [0.15, 0.2) is 40.5 Å². The number of allylic oxidation sites excluding steroid dienone is 1. The number of aromatic nitrogens is 1. The van der Waals surface area contributed by atoms with Gasteiger partial charge in [-0.05, 0) is 19.9 Å². The van der Waals surface area contributed by atoms with Gasteiger partial charge in [0.2, 0.25) is 5.88 Å². The molecule has 2 heterocycles. The van der Waals surface area contributed by atoms with Crippen molar-refractivity contribution >= 4 is 0 Å². The molecule has 3 rings (SSSR count). The number of methoxy groups -OCH3 is 2. The van der Waals surface area contributed by atoms with E-state index >= 15 is 0 Å². The maximum absolute atomic E-state index is 13.2. The molecule has 140 valence electrons. The molecule has 1 aliphatic heterocycles. The van der Waals surface area contributed by atoms with Crippen LogP contribution in [0.5, 0.6) is 17.2 Å². The smallest absolute Gasteiger partial charge is 0.258 e. The van der Waals surface area contributed by atoms with Gasteiger partial charge < -0.3 is 24.5 Å². The fraction of sp³-hybridized carbons (Fsp3) is 0.300. The van der Waals surface area contributed by atoms with Crippen LogP contribution in [-0.2, 0) is 6.54 Å². The van der Waals surface area contributed by atoms with E-state index in [1.165, 1.54) is 14.2 Å². The number of ether oxygens (including phenoxy) is 3. The van der Waals surface area contributed by atoms with E-state index in [1.807, 2.05) is 13.8 Å². The number of hydrogen-bond acceptors (Lipinski definition) is 6.